The molecule has 0 aliphatic heterocycles. The quantitative estimate of drug-likeness (QED) is 0.574. The Balaban J connectivity index is 1.62. The lowest BCUT2D eigenvalue weighted by Gasteiger charge is -2.21. The number of nitrogens with zero attached hydrogens (tertiary/aromatic N) is 3. The van der Waals surface area contributed by atoms with Gasteiger partial charge in [-0.1, -0.05) is 29.8 Å². The van der Waals surface area contributed by atoms with Gasteiger partial charge in [-0.15, -0.1) is 10.2 Å². The van der Waals surface area contributed by atoms with Gasteiger partial charge in [0.15, 0.2) is 5.82 Å². The first-order chi connectivity index (χ1) is 14.8. The molecule has 1 N–H and O–H groups in total. The van der Waals surface area contributed by atoms with Gasteiger partial charge in [0.25, 0.3) is 5.56 Å². The molecule has 1 aromatic heterocycles. The second-order valence-corrected chi connectivity index (χ2v) is 7.86. The largest absolute Gasteiger partial charge is 0.489 e. The van der Waals surface area contributed by atoms with Crippen molar-refractivity contribution in [3.05, 3.63) is 75.2 Å². The minimum atomic E-state index is -0.343. The second kappa shape index (κ2) is 10.2. The molecule has 0 fully saturated rings. The summed E-state index contributed by atoms with van der Waals surface area (Å²) in [6.45, 7) is 4.23. The molecule has 2 aromatic carbocycles. The van der Waals surface area contributed by atoms with Gasteiger partial charge in [0.2, 0.25) is 5.91 Å². The van der Waals surface area contributed by atoms with Crippen LogP contribution in [0.25, 0.3) is 11.4 Å². The third kappa shape index (κ3) is 5.92. The predicted molar refractivity (Wildman–Crippen MR) is 120 cm³/mol. The standard InChI is InChI=1S/C23H25ClN4O3/c1-15(2)28(3)21(29)13-12-20-23(30)25-22(27-26-20)16-8-10-18(11-9-16)31-14-17-6-4-5-7-19(17)24/h4-11,15H,12-14H2,1-3H3,(H,25,27,30). The fourth-order valence-electron chi connectivity index (χ4n) is 2.83. The van der Waals surface area contributed by atoms with Crippen LogP contribution in [0.15, 0.2) is 53.3 Å². The Hall–Kier alpha value is -3.19. The Bertz CT molecular complexity index is 1100. The molecule has 0 unspecified atom stereocenters. The fraction of sp³-hybridized carbons (Fsp3) is 0.304. The Kier molecular flexibility index (Phi) is 7.41. The topological polar surface area (TPSA) is 88.2 Å². The highest BCUT2D eigenvalue weighted by Crippen LogP contribution is 2.21. The zero-order valence-corrected chi connectivity index (χ0v) is 18.5. The maximum absolute atomic E-state index is 12.4. The van der Waals surface area contributed by atoms with Crippen molar-refractivity contribution in [2.24, 2.45) is 0 Å². The Morgan fingerprint density at radius 2 is 1.84 bits per heavy atom. The maximum atomic E-state index is 12.4. The van der Waals surface area contributed by atoms with Crippen molar-refractivity contribution in [2.45, 2.75) is 39.3 Å². The number of aromatic nitrogens is 3. The minimum Gasteiger partial charge on any atom is -0.489 e. The number of benzene rings is 2. The highest BCUT2D eigenvalue weighted by molar-refractivity contribution is 6.31. The molecular weight excluding hydrogens is 416 g/mol. The molecule has 0 atom stereocenters. The molecule has 0 spiro atoms. The number of H-pyrrole nitrogens is 1. The number of nitrogens with one attached hydrogen (secondary N) is 1. The van der Waals surface area contributed by atoms with Gasteiger partial charge in [-0.3, -0.25) is 9.59 Å². The van der Waals surface area contributed by atoms with Crippen molar-refractivity contribution < 1.29 is 9.53 Å². The number of halogens is 1. The summed E-state index contributed by atoms with van der Waals surface area (Å²) in [6.07, 6.45) is 0.455. The van der Waals surface area contributed by atoms with Crippen molar-refractivity contribution in [1.82, 2.24) is 20.1 Å². The van der Waals surface area contributed by atoms with E-state index in [4.69, 9.17) is 16.3 Å². The molecule has 3 rings (SSSR count). The van der Waals surface area contributed by atoms with Crippen LogP contribution in [0.5, 0.6) is 5.75 Å². The average molecular weight is 441 g/mol. The third-order valence-electron chi connectivity index (χ3n) is 4.99. The molecule has 7 nitrogen and oxygen atoms in total. The van der Waals surface area contributed by atoms with Gasteiger partial charge < -0.3 is 14.6 Å². The smallest absolute Gasteiger partial charge is 0.273 e. The summed E-state index contributed by atoms with van der Waals surface area (Å²) in [5, 5.41) is 8.80. The van der Waals surface area contributed by atoms with Crippen molar-refractivity contribution >= 4 is 17.5 Å². The van der Waals surface area contributed by atoms with E-state index < -0.39 is 0 Å². The first kappa shape index (κ1) is 22.5. The van der Waals surface area contributed by atoms with E-state index in [-0.39, 0.29) is 36.0 Å². The molecule has 0 aliphatic rings. The summed E-state index contributed by atoms with van der Waals surface area (Å²) in [6, 6.07) is 14.8. The summed E-state index contributed by atoms with van der Waals surface area (Å²) in [5.41, 5.74) is 1.51. The fourth-order valence-corrected chi connectivity index (χ4v) is 3.02. The molecule has 3 aromatic rings. The molecule has 0 radical (unpaired) electrons. The number of rotatable bonds is 8. The summed E-state index contributed by atoms with van der Waals surface area (Å²) >= 11 is 6.14. The maximum Gasteiger partial charge on any atom is 0.273 e. The van der Waals surface area contributed by atoms with Crippen molar-refractivity contribution in [3.8, 4) is 17.1 Å². The highest BCUT2D eigenvalue weighted by Gasteiger charge is 2.14. The van der Waals surface area contributed by atoms with Crippen LogP contribution in [-0.2, 0) is 17.8 Å². The number of aromatic amines is 1. The summed E-state index contributed by atoms with van der Waals surface area (Å²) in [7, 11) is 1.74. The predicted octanol–water partition coefficient (Wildman–Crippen LogP) is 3.86. The molecule has 31 heavy (non-hydrogen) atoms. The van der Waals surface area contributed by atoms with Crippen LogP contribution in [-0.4, -0.2) is 39.1 Å². The van der Waals surface area contributed by atoms with Gasteiger partial charge in [-0.2, -0.15) is 0 Å². The lowest BCUT2D eigenvalue weighted by atomic mass is 10.2. The van der Waals surface area contributed by atoms with Gasteiger partial charge >= 0.3 is 0 Å². The number of carbonyl (C=O) groups excluding carboxylic acids is 1. The van der Waals surface area contributed by atoms with Gasteiger partial charge in [0.1, 0.15) is 18.1 Å². The van der Waals surface area contributed by atoms with Crippen LogP contribution < -0.4 is 10.3 Å². The van der Waals surface area contributed by atoms with Gasteiger partial charge in [0, 0.05) is 42.1 Å². The van der Waals surface area contributed by atoms with E-state index in [0.29, 0.717) is 28.8 Å². The molecule has 1 heterocycles. The molecule has 0 bridgehead atoms. The Labute approximate surface area is 186 Å². The third-order valence-corrected chi connectivity index (χ3v) is 5.36. The Morgan fingerprint density at radius 1 is 1.13 bits per heavy atom. The normalized spacial score (nSPS) is 10.9. The summed E-state index contributed by atoms with van der Waals surface area (Å²) < 4.78 is 5.77. The van der Waals surface area contributed by atoms with Gasteiger partial charge in [0.05, 0.1) is 0 Å². The van der Waals surface area contributed by atoms with Crippen molar-refractivity contribution in [3.63, 3.8) is 0 Å². The lowest BCUT2D eigenvalue weighted by Crippen LogP contribution is -2.33. The Morgan fingerprint density at radius 3 is 2.48 bits per heavy atom. The van der Waals surface area contributed by atoms with E-state index >= 15 is 0 Å². The van der Waals surface area contributed by atoms with Crippen LogP contribution in [0.4, 0.5) is 0 Å². The molecule has 1 amide bonds. The monoisotopic (exact) mass is 440 g/mol. The van der Waals surface area contributed by atoms with Crippen LogP contribution in [0, 0.1) is 0 Å². The number of hydrogen-bond donors (Lipinski definition) is 1. The van der Waals surface area contributed by atoms with Crippen LogP contribution in [0.1, 0.15) is 31.5 Å². The van der Waals surface area contributed by atoms with Crippen LogP contribution >= 0.6 is 11.6 Å². The van der Waals surface area contributed by atoms with Gasteiger partial charge in [-0.25, -0.2) is 0 Å². The van der Waals surface area contributed by atoms with Crippen molar-refractivity contribution in [1.29, 1.82) is 0 Å². The molecule has 0 saturated heterocycles. The number of aryl methyl sites for hydroxylation is 1. The van der Waals surface area contributed by atoms with E-state index in [0.717, 1.165) is 5.56 Å². The zero-order valence-electron chi connectivity index (χ0n) is 17.8. The summed E-state index contributed by atoms with van der Waals surface area (Å²) in [4.78, 5) is 28.9. The number of ether oxygens (including phenoxy) is 1. The molecule has 0 saturated carbocycles. The van der Waals surface area contributed by atoms with E-state index in [2.05, 4.69) is 15.2 Å². The van der Waals surface area contributed by atoms with Gasteiger partial charge in [-0.05, 0) is 44.2 Å². The number of hydrogen-bond acceptors (Lipinski definition) is 5. The number of amides is 1. The lowest BCUT2D eigenvalue weighted by molar-refractivity contribution is -0.131. The summed E-state index contributed by atoms with van der Waals surface area (Å²) in [5.74, 6) is 0.994. The minimum absolute atomic E-state index is 0.0346. The van der Waals surface area contributed by atoms with E-state index in [1.165, 1.54) is 0 Å². The average Bonchev–Trinajstić information content (AvgIpc) is 2.77. The van der Waals surface area contributed by atoms with Crippen molar-refractivity contribution in [2.75, 3.05) is 7.05 Å². The molecular formula is C23H25ClN4O3. The zero-order chi connectivity index (χ0) is 22.4. The van der Waals surface area contributed by atoms with Crippen LogP contribution in [0.2, 0.25) is 5.02 Å². The van der Waals surface area contributed by atoms with E-state index in [1.54, 1.807) is 36.2 Å². The van der Waals surface area contributed by atoms with E-state index in [1.807, 2.05) is 38.1 Å². The second-order valence-electron chi connectivity index (χ2n) is 7.45. The van der Waals surface area contributed by atoms with E-state index in [9.17, 15) is 9.59 Å². The number of carbonyl (C=O) groups is 1. The molecule has 8 heteroatoms. The first-order valence-corrected chi connectivity index (χ1v) is 10.4. The molecule has 162 valence electrons. The molecule has 0 aliphatic carbocycles. The first-order valence-electron chi connectivity index (χ1n) is 10.0. The SMILES string of the molecule is CC(C)N(C)C(=O)CCc1nnc(-c2ccc(OCc3ccccc3Cl)cc2)[nH]c1=O. The highest BCUT2D eigenvalue weighted by atomic mass is 35.5. The van der Waals surface area contributed by atoms with Crippen LogP contribution in [0.3, 0.4) is 0 Å².